The summed E-state index contributed by atoms with van der Waals surface area (Å²) in [4.78, 5) is 14.6. The first-order chi connectivity index (χ1) is 11.6. The van der Waals surface area contributed by atoms with Gasteiger partial charge in [-0.2, -0.15) is 0 Å². The summed E-state index contributed by atoms with van der Waals surface area (Å²) in [6.45, 7) is 2.79. The lowest BCUT2D eigenvalue weighted by molar-refractivity contribution is 0.207. The molecular weight excluding hydrogens is 368 g/mol. The second-order valence-corrected chi connectivity index (χ2v) is 6.87. The van der Waals surface area contributed by atoms with Crippen molar-refractivity contribution < 1.29 is 9.53 Å². The van der Waals surface area contributed by atoms with E-state index in [1.807, 2.05) is 54.3 Å². The topological polar surface area (TPSA) is 41.6 Å². The number of aryl methyl sites for hydroxylation is 1. The fraction of sp³-hybridized carbons (Fsp3) is 0.316. The maximum Gasteiger partial charge on any atom is 0.322 e. The Morgan fingerprint density at radius 2 is 2.00 bits per heavy atom. The smallest absolute Gasteiger partial charge is 0.322 e. The van der Waals surface area contributed by atoms with Crippen LogP contribution in [0, 0.1) is 6.92 Å². The second kappa shape index (κ2) is 7.26. The Morgan fingerprint density at radius 3 is 2.67 bits per heavy atom. The number of nitrogens with one attached hydrogen (secondary N) is 1. The summed E-state index contributed by atoms with van der Waals surface area (Å²) in [6.07, 6.45) is 2.00. The Labute approximate surface area is 150 Å². The van der Waals surface area contributed by atoms with Crippen LogP contribution < -0.4 is 10.1 Å². The largest absolute Gasteiger partial charge is 0.497 e. The minimum atomic E-state index is -0.0463. The van der Waals surface area contributed by atoms with Gasteiger partial charge in [0.25, 0.3) is 0 Å². The number of amides is 2. The number of urea groups is 1. The van der Waals surface area contributed by atoms with Crippen molar-refractivity contribution in [2.75, 3.05) is 19.0 Å². The van der Waals surface area contributed by atoms with Gasteiger partial charge in [-0.1, -0.05) is 28.1 Å². The highest BCUT2D eigenvalue weighted by Crippen LogP contribution is 2.33. The van der Waals surface area contributed by atoms with E-state index in [0.29, 0.717) is 0 Å². The summed E-state index contributed by atoms with van der Waals surface area (Å²) in [7, 11) is 1.66. The molecule has 3 rings (SSSR count). The van der Waals surface area contributed by atoms with Crippen molar-refractivity contribution in [2.45, 2.75) is 25.8 Å². The molecule has 1 aliphatic rings. The molecule has 1 heterocycles. The summed E-state index contributed by atoms with van der Waals surface area (Å²) in [5.74, 6) is 0.832. The third-order valence-electron chi connectivity index (χ3n) is 4.42. The number of carbonyl (C=O) groups is 1. The molecule has 4 nitrogen and oxygen atoms in total. The standard InChI is InChI=1S/C19H21BrN2O2/c1-13-12-15(7-10-17(13)20)21-19(23)22-11-3-4-18(22)14-5-8-16(24-2)9-6-14/h5-10,12,18H,3-4,11H2,1-2H3,(H,21,23)/t18-/m0/s1. The molecule has 1 N–H and O–H groups in total. The van der Waals surface area contributed by atoms with Crippen LogP contribution in [-0.4, -0.2) is 24.6 Å². The van der Waals surface area contributed by atoms with Gasteiger partial charge in [0.05, 0.1) is 13.2 Å². The van der Waals surface area contributed by atoms with E-state index in [9.17, 15) is 4.79 Å². The van der Waals surface area contributed by atoms with Crippen molar-refractivity contribution in [1.29, 1.82) is 0 Å². The number of methoxy groups -OCH3 is 1. The highest BCUT2D eigenvalue weighted by atomic mass is 79.9. The zero-order valence-corrected chi connectivity index (χ0v) is 15.5. The first-order valence-corrected chi connectivity index (χ1v) is 8.85. The quantitative estimate of drug-likeness (QED) is 0.790. The van der Waals surface area contributed by atoms with Gasteiger partial charge in [-0.25, -0.2) is 4.79 Å². The predicted octanol–water partition coefficient (Wildman–Crippen LogP) is 5.14. The monoisotopic (exact) mass is 388 g/mol. The molecule has 2 aromatic rings. The molecule has 1 saturated heterocycles. The minimum Gasteiger partial charge on any atom is -0.497 e. The highest BCUT2D eigenvalue weighted by molar-refractivity contribution is 9.10. The number of benzene rings is 2. The van der Waals surface area contributed by atoms with Gasteiger partial charge in [-0.15, -0.1) is 0 Å². The molecule has 1 fully saturated rings. The number of halogens is 1. The van der Waals surface area contributed by atoms with E-state index in [0.717, 1.165) is 46.4 Å². The molecule has 0 aromatic heterocycles. The molecule has 0 saturated carbocycles. The van der Waals surface area contributed by atoms with E-state index >= 15 is 0 Å². The number of nitrogens with zero attached hydrogens (tertiary/aromatic N) is 1. The van der Waals surface area contributed by atoms with Crippen LogP contribution in [-0.2, 0) is 0 Å². The number of likely N-dealkylation sites (tertiary alicyclic amines) is 1. The third-order valence-corrected chi connectivity index (χ3v) is 5.31. The minimum absolute atomic E-state index is 0.0463. The number of carbonyl (C=O) groups excluding carboxylic acids is 1. The summed E-state index contributed by atoms with van der Waals surface area (Å²) >= 11 is 3.48. The Bertz CT molecular complexity index is 731. The van der Waals surface area contributed by atoms with E-state index in [4.69, 9.17) is 4.74 Å². The molecule has 24 heavy (non-hydrogen) atoms. The van der Waals surface area contributed by atoms with Crippen molar-refractivity contribution in [3.05, 3.63) is 58.1 Å². The van der Waals surface area contributed by atoms with Crippen LogP contribution in [0.1, 0.15) is 30.0 Å². The van der Waals surface area contributed by atoms with Crippen LogP contribution in [0.25, 0.3) is 0 Å². The highest BCUT2D eigenvalue weighted by Gasteiger charge is 2.30. The Hall–Kier alpha value is -2.01. The molecule has 1 atom stereocenters. The van der Waals surface area contributed by atoms with Gasteiger partial charge in [0.15, 0.2) is 0 Å². The van der Waals surface area contributed by atoms with E-state index in [2.05, 4.69) is 21.2 Å². The lowest BCUT2D eigenvalue weighted by atomic mass is 10.0. The molecule has 126 valence electrons. The molecule has 0 bridgehead atoms. The van der Waals surface area contributed by atoms with Crippen molar-refractivity contribution >= 4 is 27.6 Å². The van der Waals surface area contributed by atoms with Crippen LogP contribution in [0.3, 0.4) is 0 Å². The summed E-state index contributed by atoms with van der Waals surface area (Å²) < 4.78 is 6.25. The van der Waals surface area contributed by atoms with Gasteiger partial charge >= 0.3 is 6.03 Å². The number of ether oxygens (including phenoxy) is 1. The van der Waals surface area contributed by atoms with E-state index in [1.54, 1.807) is 7.11 Å². The molecule has 2 amide bonds. The zero-order chi connectivity index (χ0) is 17.1. The van der Waals surface area contributed by atoms with E-state index in [1.165, 1.54) is 0 Å². The van der Waals surface area contributed by atoms with Crippen LogP contribution in [0.5, 0.6) is 5.75 Å². The number of anilines is 1. The van der Waals surface area contributed by atoms with Crippen molar-refractivity contribution in [2.24, 2.45) is 0 Å². The van der Waals surface area contributed by atoms with Crippen LogP contribution in [0.15, 0.2) is 46.9 Å². The van der Waals surface area contributed by atoms with Gasteiger partial charge in [0, 0.05) is 16.7 Å². The molecule has 5 heteroatoms. The lowest BCUT2D eigenvalue weighted by Crippen LogP contribution is -2.34. The van der Waals surface area contributed by atoms with Crippen LogP contribution in [0.2, 0.25) is 0 Å². The Balaban J connectivity index is 1.74. The summed E-state index contributed by atoms with van der Waals surface area (Å²) in [5, 5.41) is 3.02. The average molecular weight is 389 g/mol. The number of rotatable bonds is 3. The summed E-state index contributed by atoms with van der Waals surface area (Å²) in [6, 6.07) is 13.9. The molecule has 0 radical (unpaired) electrons. The van der Waals surface area contributed by atoms with Gasteiger partial charge in [0.2, 0.25) is 0 Å². The third kappa shape index (κ3) is 3.56. The molecular formula is C19H21BrN2O2. The summed E-state index contributed by atoms with van der Waals surface area (Å²) in [5.41, 5.74) is 3.07. The maximum atomic E-state index is 12.7. The molecule has 0 spiro atoms. The van der Waals surface area contributed by atoms with E-state index in [-0.39, 0.29) is 12.1 Å². The van der Waals surface area contributed by atoms with Crippen LogP contribution in [0.4, 0.5) is 10.5 Å². The molecule has 0 aliphatic carbocycles. The number of hydrogen-bond acceptors (Lipinski definition) is 2. The molecule has 2 aromatic carbocycles. The molecule has 0 unspecified atom stereocenters. The van der Waals surface area contributed by atoms with Crippen molar-refractivity contribution in [3.8, 4) is 5.75 Å². The average Bonchev–Trinajstić information content (AvgIpc) is 3.08. The van der Waals surface area contributed by atoms with Gasteiger partial charge in [-0.3, -0.25) is 0 Å². The predicted molar refractivity (Wildman–Crippen MR) is 99.6 cm³/mol. The first-order valence-electron chi connectivity index (χ1n) is 8.06. The fourth-order valence-corrected chi connectivity index (χ4v) is 3.35. The maximum absolute atomic E-state index is 12.7. The number of hydrogen-bond donors (Lipinski definition) is 1. The van der Waals surface area contributed by atoms with Crippen LogP contribution >= 0.6 is 15.9 Å². The van der Waals surface area contributed by atoms with Crippen molar-refractivity contribution in [3.63, 3.8) is 0 Å². The van der Waals surface area contributed by atoms with Gasteiger partial charge in [0.1, 0.15) is 5.75 Å². The lowest BCUT2D eigenvalue weighted by Gasteiger charge is -2.25. The van der Waals surface area contributed by atoms with Gasteiger partial charge in [-0.05, 0) is 61.2 Å². The van der Waals surface area contributed by atoms with E-state index < -0.39 is 0 Å². The fourth-order valence-electron chi connectivity index (χ4n) is 3.10. The van der Waals surface area contributed by atoms with Gasteiger partial charge < -0.3 is 15.0 Å². The first kappa shape index (κ1) is 16.8. The van der Waals surface area contributed by atoms with Crippen molar-refractivity contribution in [1.82, 2.24) is 4.90 Å². The second-order valence-electron chi connectivity index (χ2n) is 6.02. The SMILES string of the molecule is COc1ccc([C@@H]2CCCN2C(=O)Nc2ccc(Br)c(C)c2)cc1. The Kier molecular flexibility index (Phi) is 5.09. The normalized spacial score (nSPS) is 17.0. The molecule has 1 aliphatic heterocycles. The zero-order valence-electron chi connectivity index (χ0n) is 13.9. The Morgan fingerprint density at radius 1 is 1.25 bits per heavy atom.